The molecule has 146 valence electrons. The van der Waals surface area contributed by atoms with E-state index in [0.717, 1.165) is 9.13 Å². The van der Waals surface area contributed by atoms with Crippen molar-refractivity contribution in [3.63, 3.8) is 0 Å². The predicted octanol–water partition coefficient (Wildman–Crippen LogP) is 4.28. The van der Waals surface area contributed by atoms with Crippen LogP contribution >= 0.6 is 22.6 Å². The number of nitrogens with zero attached hydrogens (tertiary/aromatic N) is 1. The van der Waals surface area contributed by atoms with E-state index in [9.17, 15) is 9.59 Å². The molecule has 1 amide bonds. The second-order valence-electron chi connectivity index (χ2n) is 5.87. The van der Waals surface area contributed by atoms with Gasteiger partial charge in [0.05, 0.1) is 24.5 Å². The summed E-state index contributed by atoms with van der Waals surface area (Å²) < 4.78 is 11.3. The third-order valence-corrected chi connectivity index (χ3v) is 4.86. The Hall–Kier alpha value is -3.20. The number of halogens is 1. The number of benzene rings is 3. The lowest BCUT2D eigenvalue weighted by Crippen LogP contribution is -2.18. The van der Waals surface area contributed by atoms with Gasteiger partial charge in [0, 0.05) is 3.57 Å². The van der Waals surface area contributed by atoms with Gasteiger partial charge in [0.1, 0.15) is 11.5 Å². The molecule has 7 heteroatoms. The van der Waals surface area contributed by atoms with Gasteiger partial charge in [-0.3, -0.25) is 4.79 Å². The lowest BCUT2D eigenvalue weighted by molar-refractivity contribution is 0.0734. The molecule has 0 aliphatic carbocycles. The van der Waals surface area contributed by atoms with Crippen molar-refractivity contribution in [1.29, 1.82) is 0 Å². The van der Waals surface area contributed by atoms with Gasteiger partial charge in [0.2, 0.25) is 0 Å². The molecule has 0 unspecified atom stereocenters. The molecule has 3 rings (SSSR count). The molecule has 0 fully saturated rings. The third-order valence-electron chi connectivity index (χ3n) is 3.91. The highest BCUT2D eigenvalue weighted by Gasteiger charge is 2.09. The van der Waals surface area contributed by atoms with Gasteiger partial charge < -0.3 is 9.47 Å². The number of hydrogen-bond acceptors (Lipinski definition) is 5. The summed E-state index contributed by atoms with van der Waals surface area (Å²) in [5.74, 6) is 0.334. The van der Waals surface area contributed by atoms with Crippen LogP contribution in [0.3, 0.4) is 0 Å². The lowest BCUT2D eigenvalue weighted by Gasteiger charge is -2.05. The van der Waals surface area contributed by atoms with Crippen molar-refractivity contribution < 1.29 is 19.1 Å². The first-order valence-electron chi connectivity index (χ1n) is 8.61. The zero-order valence-electron chi connectivity index (χ0n) is 15.5. The summed E-state index contributed by atoms with van der Waals surface area (Å²) in [5, 5.41) is 3.97. The SMILES string of the molecule is COc1ccc(C(=O)Oc2ccc(/C=N/NC(=O)c3ccccc3I)cc2)cc1. The molecule has 0 saturated carbocycles. The van der Waals surface area contributed by atoms with Crippen LogP contribution in [0.4, 0.5) is 0 Å². The van der Waals surface area contributed by atoms with Crippen molar-refractivity contribution in [2.75, 3.05) is 7.11 Å². The maximum atomic E-state index is 12.2. The first kappa shape index (κ1) is 20.5. The van der Waals surface area contributed by atoms with Crippen molar-refractivity contribution in [2.24, 2.45) is 5.10 Å². The van der Waals surface area contributed by atoms with Crippen molar-refractivity contribution in [1.82, 2.24) is 5.43 Å². The highest BCUT2D eigenvalue weighted by molar-refractivity contribution is 14.1. The molecule has 0 bridgehead atoms. The van der Waals surface area contributed by atoms with E-state index in [2.05, 4.69) is 33.1 Å². The van der Waals surface area contributed by atoms with Crippen molar-refractivity contribution in [3.05, 3.63) is 93.1 Å². The molecule has 3 aromatic carbocycles. The first-order valence-corrected chi connectivity index (χ1v) is 9.69. The van der Waals surface area contributed by atoms with Gasteiger partial charge in [0.15, 0.2) is 0 Å². The molecule has 0 aromatic heterocycles. The summed E-state index contributed by atoms with van der Waals surface area (Å²) in [6, 6.07) is 20.7. The first-order chi connectivity index (χ1) is 14.1. The summed E-state index contributed by atoms with van der Waals surface area (Å²) in [6.07, 6.45) is 1.52. The second-order valence-corrected chi connectivity index (χ2v) is 7.03. The number of esters is 1. The predicted molar refractivity (Wildman–Crippen MR) is 119 cm³/mol. The largest absolute Gasteiger partial charge is 0.497 e. The van der Waals surface area contributed by atoms with E-state index in [4.69, 9.17) is 9.47 Å². The maximum absolute atomic E-state index is 12.2. The van der Waals surface area contributed by atoms with E-state index in [-0.39, 0.29) is 5.91 Å². The van der Waals surface area contributed by atoms with Gasteiger partial charge in [-0.05, 0) is 88.8 Å². The van der Waals surface area contributed by atoms with E-state index >= 15 is 0 Å². The van der Waals surface area contributed by atoms with Crippen molar-refractivity contribution in [2.45, 2.75) is 0 Å². The fourth-order valence-corrected chi connectivity index (χ4v) is 3.02. The van der Waals surface area contributed by atoms with Gasteiger partial charge in [0.25, 0.3) is 5.91 Å². The normalized spacial score (nSPS) is 10.6. The highest BCUT2D eigenvalue weighted by atomic mass is 127. The van der Waals surface area contributed by atoms with Crippen LogP contribution < -0.4 is 14.9 Å². The van der Waals surface area contributed by atoms with E-state index in [0.29, 0.717) is 22.6 Å². The van der Waals surface area contributed by atoms with Crippen molar-refractivity contribution >= 4 is 40.7 Å². The molecule has 0 atom stereocenters. The highest BCUT2D eigenvalue weighted by Crippen LogP contribution is 2.16. The molecule has 0 spiro atoms. The number of methoxy groups -OCH3 is 1. The topological polar surface area (TPSA) is 77.0 Å². The minimum Gasteiger partial charge on any atom is -0.497 e. The molecule has 0 aliphatic heterocycles. The number of hydrazone groups is 1. The van der Waals surface area contributed by atoms with Crippen LogP contribution in [0.2, 0.25) is 0 Å². The van der Waals surface area contributed by atoms with Gasteiger partial charge in [-0.25, -0.2) is 10.2 Å². The molecule has 0 radical (unpaired) electrons. The average molecular weight is 500 g/mol. The Morgan fingerprint density at radius 2 is 1.59 bits per heavy atom. The van der Waals surface area contributed by atoms with Gasteiger partial charge in [-0.2, -0.15) is 5.10 Å². The summed E-state index contributed by atoms with van der Waals surface area (Å²) in [4.78, 5) is 24.3. The molecular weight excluding hydrogens is 483 g/mol. The molecule has 0 saturated heterocycles. The zero-order chi connectivity index (χ0) is 20.6. The standard InChI is InChI=1S/C22H17IN2O4/c1-28-17-12-8-16(9-13-17)22(27)29-18-10-6-15(7-11-18)14-24-25-21(26)19-4-2-3-5-20(19)23/h2-14H,1H3,(H,25,26)/b24-14+. The van der Waals surface area contributed by atoms with Gasteiger partial charge >= 0.3 is 5.97 Å². The van der Waals surface area contributed by atoms with Crippen LogP contribution in [0.15, 0.2) is 77.9 Å². The Bertz CT molecular complexity index is 1030. The molecule has 6 nitrogen and oxygen atoms in total. The number of nitrogens with one attached hydrogen (secondary N) is 1. The van der Waals surface area contributed by atoms with Crippen LogP contribution in [0.25, 0.3) is 0 Å². The summed E-state index contributed by atoms with van der Waals surface area (Å²) in [6.45, 7) is 0. The number of hydrogen-bond donors (Lipinski definition) is 1. The minimum absolute atomic E-state index is 0.281. The number of carbonyl (C=O) groups is 2. The van der Waals surface area contributed by atoms with Crippen LogP contribution in [0.1, 0.15) is 26.3 Å². The van der Waals surface area contributed by atoms with E-state index in [1.807, 2.05) is 12.1 Å². The van der Waals surface area contributed by atoms with E-state index in [1.54, 1.807) is 67.8 Å². The molecule has 0 aliphatic rings. The van der Waals surface area contributed by atoms with E-state index in [1.165, 1.54) is 6.21 Å². The third kappa shape index (κ3) is 5.64. The number of rotatable bonds is 6. The summed E-state index contributed by atoms with van der Waals surface area (Å²) >= 11 is 2.10. The Morgan fingerprint density at radius 1 is 0.931 bits per heavy atom. The fraction of sp³-hybridized carbons (Fsp3) is 0.0455. The average Bonchev–Trinajstić information content (AvgIpc) is 2.75. The minimum atomic E-state index is -0.459. The Kier molecular flexibility index (Phi) is 6.96. The second kappa shape index (κ2) is 9.83. The van der Waals surface area contributed by atoms with Crippen LogP contribution in [-0.2, 0) is 0 Å². The number of amides is 1. The van der Waals surface area contributed by atoms with Crippen molar-refractivity contribution in [3.8, 4) is 11.5 Å². The smallest absolute Gasteiger partial charge is 0.343 e. The van der Waals surface area contributed by atoms with Crippen LogP contribution in [0.5, 0.6) is 11.5 Å². The summed E-state index contributed by atoms with van der Waals surface area (Å²) in [7, 11) is 1.56. The van der Waals surface area contributed by atoms with Crippen LogP contribution in [0, 0.1) is 3.57 Å². The molecule has 0 heterocycles. The number of ether oxygens (including phenoxy) is 2. The summed E-state index contributed by atoms with van der Waals surface area (Å²) in [5.41, 5.74) is 4.23. The van der Waals surface area contributed by atoms with Gasteiger partial charge in [-0.1, -0.05) is 12.1 Å². The zero-order valence-corrected chi connectivity index (χ0v) is 17.6. The van der Waals surface area contributed by atoms with Crippen LogP contribution in [-0.4, -0.2) is 25.2 Å². The fourth-order valence-electron chi connectivity index (χ4n) is 2.39. The van der Waals surface area contributed by atoms with E-state index < -0.39 is 5.97 Å². The molecule has 29 heavy (non-hydrogen) atoms. The molecule has 3 aromatic rings. The Balaban J connectivity index is 1.56. The maximum Gasteiger partial charge on any atom is 0.343 e. The lowest BCUT2D eigenvalue weighted by atomic mass is 10.2. The molecular formula is C22H17IN2O4. The van der Waals surface area contributed by atoms with Gasteiger partial charge in [-0.15, -0.1) is 0 Å². The number of carbonyl (C=O) groups excluding carboxylic acids is 2. The Morgan fingerprint density at radius 3 is 2.24 bits per heavy atom. The quantitative estimate of drug-likeness (QED) is 0.180. The Labute approximate surface area is 181 Å². The molecule has 1 N–H and O–H groups in total. The monoisotopic (exact) mass is 500 g/mol.